The Labute approximate surface area is 197 Å². The van der Waals surface area contributed by atoms with E-state index < -0.39 is 0 Å². The molecule has 3 aromatic rings. The molecular formula is C24H27N5O3S. The van der Waals surface area contributed by atoms with Crippen LogP contribution in [0.1, 0.15) is 45.6 Å². The van der Waals surface area contributed by atoms with Crippen molar-refractivity contribution in [1.82, 2.24) is 19.7 Å². The summed E-state index contributed by atoms with van der Waals surface area (Å²) in [5.41, 5.74) is 1.61. The van der Waals surface area contributed by atoms with Crippen LogP contribution in [-0.2, 0) is 4.79 Å². The molecule has 0 spiro atoms. The number of nitrogens with zero attached hydrogens (tertiary/aromatic N) is 4. The van der Waals surface area contributed by atoms with E-state index >= 15 is 0 Å². The van der Waals surface area contributed by atoms with Crippen molar-refractivity contribution in [2.45, 2.75) is 56.0 Å². The minimum absolute atomic E-state index is 0.104. The number of nitrogens with one attached hydrogen (secondary N) is 1. The molecule has 1 aliphatic carbocycles. The Balaban J connectivity index is 1.38. The highest BCUT2D eigenvalue weighted by Crippen LogP contribution is 2.40. The van der Waals surface area contributed by atoms with Crippen LogP contribution >= 0.6 is 11.8 Å². The van der Waals surface area contributed by atoms with Crippen LogP contribution in [0.25, 0.3) is 11.4 Å². The largest absolute Gasteiger partial charge is 0.454 e. The van der Waals surface area contributed by atoms with E-state index in [2.05, 4.69) is 32.0 Å². The van der Waals surface area contributed by atoms with Crippen LogP contribution in [0.3, 0.4) is 0 Å². The Morgan fingerprint density at radius 2 is 2.03 bits per heavy atom. The highest BCUT2D eigenvalue weighted by atomic mass is 32.2. The molecule has 3 heterocycles. The molecule has 0 unspecified atom stereocenters. The van der Waals surface area contributed by atoms with E-state index in [1.165, 1.54) is 31.0 Å². The van der Waals surface area contributed by atoms with E-state index in [-0.39, 0.29) is 18.0 Å². The van der Waals surface area contributed by atoms with E-state index in [0.717, 1.165) is 23.0 Å². The first-order valence-electron chi connectivity index (χ1n) is 11.3. The van der Waals surface area contributed by atoms with Gasteiger partial charge in [-0.25, -0.2) is 0 Å². The molecule has 8 nitrogen and oxygen atoms in total. The second-order valence-corrected chi connectivity index (χ2v) is 9.87. The smallest absolute Gasteiger partial charge is 0.237 e. The fourth-order valence-electron chi connectivity index (χ4n) is 4.46. The van der Waals surface area contributed by atoms with Crippen molar-refractivity contribution in [1.29, 1.82) is 0 Å². The molecule has 9 heteroatoms. The van der Waals surface area contributed by atoms with Crippen LogP contribution < -0.4 is 14.8 Å². The zero-order valence-corrected chi connectivity index (χ0v) is 19.5. The molecule has 1 aromatic carbocycles. The lowest BCUT2D eigenvalue weighted by Gasteiger charge is -2.31. The van der Waals surface area contributed by atoms with Crippen LogP contribution in [0, 0.1) is 5.92 Å². The normalized spacial score (nSPS) is 20.4. The first kappa shape index (κ1) is 21.8. The summed E-state index contributed by atoms with van der Waals surface area (Å²) in [5, 5.41) is 12.4. The molecule has 0 radical (unpaired) electrons. The molecule has 0 bridgehead atoms. The van der Waals surface area contributed by atoms with Crippen molar-refractivity contribution >= 4 is 23.4 Å². The molecule has 2 aromatic heterocycles. The summed E-state index contributed by atoms with van der Waals surface area (Å²) in [6, 6.07) is 9.62. The van der Waals surface area contributed by atoms with Gasteiger partial charge in [0.25, 0.3) is 0 Å². The molecule has 1 amide bonds. The number of fused-ring (bicyclic) bond motifs is 1. The molecule has 1 aliphatic heterocycles. The molecule has 33 heavy (non-hydrogen) atoms. The topological polar surface area (TPSA) is 91.2 Å². The SMILES string of the molecule is C[C@H](Sc1nnc(-c2cccnc2)n1[C@@H]1CCCC[C@H]1C)C(=O)Nc1ccc2c(c1)OCO2. The molecule has 5 rings (SSSR count). The number of hydrogen-bond donors (Lipinski definition) is 1. The van der Waals surface area contributed by atoms with Gasteiger partial charge in [-0.3, -0.25) is 14.3 Å². The Morgan fingerprint density at radius 3 is 2.85 bits per heavy atom. The quantitative estimate of drug-likeness (QED) is 0.516. The second kappa shape index (κ2) is 9.43. The lowest BCUT2D eigenvalue weighted by molar-refractivity contribution is -0.115. The molecule has 3 atom stereocenters. The van der Waals surface area contributed by atoms with Gasteiger partial charge in [0, 0.05) is 35.8 Å². The van der Waals surface area contributed by atoms with E-state index in [4.69, 9.17) is 9.47 Å². The van der Waals surface area contributed by atoms with Gasteiger partial charge in [-0.2, -0.15) is 0 Å². The van der Waals surface area contributed by atoms with E-state index in [1.54, 1.807) is 18.3 Å². The zero-order valence-electron chi connectivity index (χ0n) is 18.7. The van der Waals surface area contributed by atoms with Gasteiger partial charge in [0.05, 0.1) is 5.25 Å². The second-order valence-electron chi connectivity index (χ2n) is 8.56. The number of ether oxygens (including phenoxy) is 2. The summed E-state index contributed by atoms with van der Waals surface area (Å²) >= 11 is 1.44. The maximum absolute atomic E-state index is 13.0. The number of amides is 1. The predicted octanol–water partition coefficient (Wildman–Crippen LogP) is 4.94. The summed E-state index contributed by atoms with van der Waals surface area (Å²) in [7, 11) is 0. The van der Waals surface area contributed by atoms with Crippen molar-refractivity contribution in [2.24, 2.45) is 5.92 Å². The third kappa shape index (κ3) is 4.55. The van der Waals surface area contributed by atoms with Crippen molar-refractivity contribution in [3.8, 4) is 22.9 Å². The van der Waals surface area contributed by atoms with Gasteiger partial charge < -0.3 is 14.8 Å². The lowest BCUT2D eigenvalue weighted by atomic mass is 9.85. The molecule has 2 aliphatic rings. The fourth-order valence-corrected chi connectivity index (χ4v) is 5.36. The summed E-state index contributed by atoms with van der Waals surface area (Å²) in [5.74, 6) is 2.55. The monoisotopic (exact) mass is 465 g/mol. The molecule has 172 valence electrons. The number of thioether (sulfide) groups is 1. The number of aromatic nitrogens is 4. The standard InChI is InChI=1S/C24H27N5O3S/c1-15-6-3-4-8-19(15)29-22(17-7-5-11-25-13-17)27-28-24(29)33-16(2)23(30)26-18-9-10-20-21(12-18)32-14-31-20/h5,7,9-13,15-16,19H,3-4,6,8,14H2,1-2H3,(H,26,30)/t15-,16+,19-/m1/s1. The first-order chi connectivity index (χ1) is 16.1. The highest BCUT2D eigenvalue weighted by molar-refractivity contribution is 8.00. The number of carbonyl (C=O) groups is 1. The lowest BCUT2D eigenvalue weighted by Crippen LogP contribution is -2.25. The maximum atomic E-state index is 13.0. The Hall–Kier alpha value is -3.07. The van der Waals surface area contributed by atoms with Crippen molar-refractivity contribution in [3.05, 3.63) is 42.7 Å². The predicted molar refractivity (Wildman–Crippen MR) is 126 cm³/mol. The van der Waals surface area contributed by atoms with Crippen LogP contribution in [0.2, 0.25) is 0 Å². The molecule has 1 N–H and O–H groups in total. The molecule has 1 saturated carbocycles. The van der Waals surface area contributed by atoms with Gasteiger partial charge in [-0.15, -0.1) is 10.2 Å². The Morgan fingerprint density at radius 1 is 1.18 bits per heavy atom. The van der Waals surface area contributed by atoms with Crippen LogP contribution in [-0.4, -0.2) is 37.7 Å². The van der Waals surface area contributed by atoms with Gasteiger partial charge in [0.2, 0.25) is 12.7 Å². The van der Waals surface area contributed by atoms with Gasteiger partial charge in [0.15, 0.2) is 22.5 Å². The number of benzene rings is 1. The van der Waals surface area contributed by atoms with Crippen LogP contribution in [0.5, 0.6) is 11.5 Å². The average Bonchev–Trinajstić information content (AvgIpc) is 3.46. The van der Waals surface area contributed by atoms with E-state index in [9.17, 15) is 4.79 Å². The van der Waals surface area contributed by atoms with Gasteiger partial charge in [-0.1, -0.05) is 31.5 Å². The number of pyridine rings is 1. The summed E-state index contributed by atoms with van der Waals surface area (Å²) in [4.78, 5) is 17.2. The number of carbonyl (C=O) groups excluding carboxylic acids is 1. The maximum Gasteiger partial charge on any atom is 0.237 e. The number of rotatable bonds is 6. The third-order valence-corrected chi connectivity index (χ3v) is 7.33. The number of anilines is 1. The van der Waals surface area contributed by atoms with Crippen LogP contribution in [0.4, 0.5) is 5.69 Å². The van der Waals surface area contributed by atoms with E-state index in [1.807, 2.05) is 31.3 Å². The van der Waals surface area contributed by atoms with Crippen molar-refractivity contribution < 1.29 is 14.3 Å². The molecular weight excluding hydrogens is 438 g/mol. The van der Waals surface area contributed by atoms with Gasteiger partial charge in [-0.05, 0) is 49.9 Å². The Kier molecular flexibility index (Phi) is 6.22. The third-order valence-electron chi connectivity index (χ3n) is 6.27. The minimum Gasteiger partial charge on any atom is -0.454 e. The molecule has 0 saturated heterocycles. The van der Waals surface area contributed by atoms with Crippen molar-refractivity contribution in [2.75, 3.05) is 12.1 Å². The van der Waals surface area contributed by atoms with Crippen LogP contribution in [0.15, 0.2) is 47.9 Å². The highest BCUT2D eigenvalue weighted by Gasteiger charge is 2.30. The zero-order chi connectivity index (χ0) is 22.8. The summed E-state index contributed by atoms with van der Waals surface area (Å²) in [6.07, 6.45) is 8.27. The van der Waals surface area contributed by atoms with E-state index in [0.29, 0.717) is 29.1 Å². The minimum atomic E-state index is -0.362. The molecule has 1 fully saturated rings. The first-order valence-corrected chi connectivity index (χ1v) is 12.2. The summed E-state index contributed by atoms with van der Waals surface area (Å²) < 4.78 is 13.0. The Bertz CT molecular complexity index is 1140. The average molecular weight is 466 g/mol. The van der Waals surface area contributed by atoms with Gasteiger partial charge in [0.1, 0.15) is 0 Å². The number of hydrogen-bond acceptors (Lipinski definition) is 7. The van der Waals surface area contributed by atoms with Crippen molar-refractivity contribution in [3.63, 3.8) is 0 Å². The van der Waals surface area contributed by atoms with Gasteiger partial charge >= 0.3 is 0 Å². The summed E-state index contributed by atoms with van der Waals surface area (Å²) in [6.45, 7) is 4.38. The fraction of sp³-hybridized carbons (Fsp3) is 0.417.